The number of carbonyl (C=O) groups excluding carboxylic acids is 2. The second-order valence-electron chi connectivity index (χ2n) is 11.8. The first kappa shape index (κ1) is 32.4. The Morgan fingerprint density at radius 2 is 1.43 bits per heavy atom. The summed E-state index contributed by atoms with van der Waals surface area (Å²) in [5.41, 5.74) is -0.434. The Bertz CT molecular complexity index is 1420. The lowest BCUT2D eigenvalue weighted by atomic mass is 9.82. The van der Waals surface area contributed by atoms with Crippen molar-refractivity contribution in [2.45, 2.75) is 67.5 Å². The van der Waals surface area contributed by atoms with Crippen LogP contribution in [0.5, 0.6) is 0 Å². The van der Waals surface area contributed by atoms with Crippen LogP contribution in [0.15, 0.2) is 72.8 Å². The van der Waals surface area contributed by atoms with Gasteiger partial charge >= 0.3 is 11.9 Å². The zero-order valence-electron chi connectivity index (χ0n) is 24.6. The summed E-state index contributed by atoms with van der Waals surface area (Å²) in [6, 6.07) is 18.1. The van der Waals surface area contributed by atoms with Crippen LogP contribution >= 0.6 is 0 Å². The number of hydrogen-bond donors (Lipinski definition) is 5. The van der Waals surface area contributed by atoms with Crippen molar-refractivity contribution in [1.29, 1.82) is 0 Å². The van der Waals surface area contributed by atoms with Gasteiger partial charge in [0.15, 0.2) is 25.0 Å². The average molecular weight is 641 g/mol. The topological polar surface area (TPSA) is 191 Å². The third-order valence-electron chi connectivity index (χ3n) is 8.82. The van der Waals surface area contributed by atoms with Crippen LogP contribution in [0.2, 0.25) is 0 Å². The minimum absolute atomic E-state index is 0.159. The molecule has 1 aliphatic carbocycles. The number of ether oxygens (including phenoxy) is 6. The highest BCUT2D eigenvalue weighted by atomic mass is 16.8. The first-order valence-corrected chi connectivity index (χ1v) is 15.0. The molecule has 13 nitrogen and oxygen atoms in total. The van der Waals surface area contributed by atoms with E-state index in [0.717, 1.165) is 11.1 Å². The van der Waals surface area contributed by atoms with Crippen LogP contribution in [0.1, 0.15) is 17.5 Å². The predicted molar refractivity (Wildman–Crippen MR) is 157 cm³/mol. The molecule has 0 amide bonds. The van der Waals surface area contributed by atoms with Crippen LogP contribution in [0, 0.1) is 11.8 Å². The van der Waals surface area contributed by atoms with Gasteiger partial charge in [0, 0.05) is 24.5 Å². The van der Waals surface area contributed by atoms with Gasteiger partial charge in [-0.05, 0) is 23.3 Å². The molecule has 2 aromatic rings. The lowest BCUT2D eigenvalue weighted by Crippen LogP contribution is -2.61. The van der Waals surface area contributed by atoms with E-state index in [2.05, 4.69) is 0 Å². The van der Waals surface area contributed by atoms with E-state index in [0.29, 0.717) is 0 Å². The molecule has 5 N–H and O–H groups in total. The number of aliphatic hydroxyl groups excluding tert-OH is 4. The molecule has 4 aliphatic heterocycles. The van der Waals surface area contributed by atoms with Gasteiger partial charge in [0.05, 0.1) is 18.6 Å². The van der Waals surface area contributed by atoms with E-state index in [9.17, 15) is 35.1 Å². The van der Waals surface area contributed by atoms with Crippen LogP contribution in [-0.2, 0) is 38.0 Å². The fraction of sp³-hybridized carbons (Fsp3) is 0.455. The smallest absolute Gasteiger partial charge is 0.331 e. The Hall–Kier alpha value is -3.50. The molecule has 46 heavy (non-hydrogen) atoms. The molecule has 4 saturated heterocycles. The number of carbonyl (C=O) groups is 2. The van der Waals surface area contributed by atoms with E-state index in [1.807, 2.05) is 24.3 Å². The van der Waals surface area contributed by atoms with Gasteiger partial charge in [-0.25, -0.2) is 9.59 Å². The second kappa shape index (κ2) is 13.7. The number of hydrogen-bond acceptors (Lipinski definition) is 13. The lowest BCUT2D eigenvalue weighted by molar-refractivity contribution is -0.371. The summed E-state index contributed by atoms with van der Waals surface area (Å²) in [6.45, 7) is -0.830. The van der Waals surface area contributed by atoms with Gasteiger partial charge < -0.3 is 54.0 Å². The third-order valence-corrected chi connectivity index (χ3v) is 8.82. The van der Waals surface area contributed by atoms with Crippen LogP contribution < -0.4 is 0 Å². The normalized spacial score (nSPS) is 38.6. The number of rotatable bonds is 9. The highest BCUT2D eigenvalue weighted by Gasteiger charge is 2.69. The molecule has 246 valence electrons. The molecular weight excluding hydrogens is 604 g/mol. The molecule has 0 unspecified atom stereocenters. The summed E-state index contributed by atoms with van der Waals surface area (Å²) in [7, 11) is 0. The average Bonchev–Trinajstić information content (AvgIpc) is 3.16. The molecule has 2 aromatic carbocycles. The molecule has 4 heterocycles. The van der Waals surface area contributed by atoms with Gasteiger partial charge in [-0.3, -0.25) is 0 Å². The van der Waals surface area contributed by atoms with Gasteiger partial charge in [-0.15, -0.1) is 0 Å². The van der Waals surface area contributed by atoms with E-state index >= 15 is 0 Å². The molecule has 7 rings (SSSR count). The van der Waals surface area contributed by atoms with Crippen LogP contribution in [0.3, 0.4) is 0 Å². The summed E-state index contributed by atoms with van der Waals surface area (Å²) >= 11 is 0. The van der Waals surface area contributed by atoms with Crippen LogP contribution in [-0.4, -0.2) is 112 Å². The van der Waals surface area contributed by atoms with Crippen molar-refractivity contribution in [1.82, 2.24) is 0 Å². The largest absolute Gasteiger partial charge is 0.460 e. The fourth-order valence-corrected chi connectivity index (χ4v) is 6.46. The maximum atomic E-state index is 12.7. The maximum Gasteiger partial charge on any atom is 0.331 e. The molecule has 0 spiro atoms. The molecule has 4 bridgehead atoms. The molecule has 12 atom stereocenters. The van der Waals surface area contributed by atoms with Crippen molar-refractivity contribution < 1.29 is 63.5 Å². The minimum Gasteiger partial charge on any atom is -0.460 e. The summed E-state index contributed by atoms with van der Waals surface area (Å²) in [5, 5.41) is 54.9. The predicted octanol–water partition coefficient (Wildman–Crippen LogP) is 0.133. The Morgan fingerprint density at radius 3 is 2.09 bits per heavy atom. The lowest BCUT2D eigenvalue weighted by Gasteiger charge is -2.44. The Kier molecular flexibility index (Phi) is 9.66. The Labute approximate surface area is 264 Å². The van der Waals surface area contributed by atoms with Crippen LogP contribution in [0.4, 0.5) is 0 Å². The van der Waals surface area contributed by atoms with Crippen molar-refractivity contribution in [2.24, 2.45) is 11.8 Å². The van der Waals surface area contributed by atoms with Gasteiger partial charge in [0.25, 0.3) is 0 Å². The quantitative estimate of drug-likeness (QED) is 0.184. The highest BCUT2D eigenvalue weighted by Crippen LogP contribution is 2.53. The van der Waals surface area contributed by atoms with Crippen molar-refractivity contribution in [2.75, 3.05) is 13.2 Å². The van der Waals surface area contributed by atoms with E-state index < -0.39 is 91.5 Å². The molecule has 0 aromatic heterocycles. The van der Waals surface area contributed by atoms with Gasteiger partial charge in [-0.1, -0.05) is 60.7 Å². The second-order valence-corrected chi connectivity index (χ2v) is 11.8. The molecular formula is C33H36O13. The standard InChI is InChI=1S/C33H36O13/c34-22(13-11-18-7-3-1-4-8-18)41-16-21-27(37)28(38)29(39)32(43-21)46-31-25-20-15-24(45-31)42-17-33(25,40)30(26(20)36)44-23(35)14-12-19-9-5-2-6-10-19/h1-14,20-21,24-32,36-40H,15-17H2/b13-11+,14-12+/t20-,21-,24-,25-,26+,27-,28+,29-,30-,31+,32+,33-/m1/s1. The van der Waals surface area contributed by atoms with Crippen LogP contribution in [0.25, 0.3) is 12.2 Å². The first-order valence-electron chi connectivity index (χ1n) is 15.0. The van der Waals surface area contributed by atoms with E-state index in [1.165, 1.54) is 18.2 Å². The van der Waals surface area contributed by atoms with Crippen molar-refractivity contribution >= 4 is 24.1 Å². The summed E-state index contributed by atoms with van der Waals surface area (Å²) in [4.78, 5) is 25.0. The fourth-order valence-electron chi connectivity index (χ4n) is 6.46. The number of benzene rings is 2. The highest BCUT2D eigenvalue weighted by molar-refractivity contribution is 5.87. The van der Waals surface area contributed by atoms with Gasteiger partial charge in [-0.2, -0.15) is 0 Å². The summed E-state index contributed by atoms with van der Waals surface area (Å²) in [6.07, 6.45) is -7.39. The van der Waals surface area contributed by atoms with E-state index in [4.69, 9.17) is 28.4 Å². The first-order chi connectivity index (χ1) is 22.1. The third kappa shape index (κ3) is 6.65. The number of fused-ring (bicyclic) bond motifs is 2. The molecule has 1 saturated carbocycles. The van der Waals surface area contributed by atoms with E-state index in [1.54, 1.807) is 42.5 Å². The molecule has 5 fully saturated rings. The van der Waals surface area contributed by atoms with Crippen molar-refractivity contribution in [3.63, 3.8) is 0 Å². The monoisotopic (exact) mass is 640 g/mol. The summed E-state index contributed by atoms with van der Waals surface area (Å²) < 4.78 is 34.0. The number of aliphatic hydroxyl groups is 5. The van der Waals surface area contributed by atoms with Gasteiger partial charge in [0.2, 0.25) is 0 Å². The van der Waals surface area contributed by atoms with Crippen molar-refractivity contribution in [3.8, 4) is 0 Å². The Morgan fingerprint density at radius 1 is 0.804 bits per heavy atom. The molecule has 5 aliphatic rings. The zero-order valence-corrected chi connectivity index (χ0v) is 24.6. The SMILES string of the molecule is O=C(/C=C/c1ccccc1)OC[C@H]1O[C@@H](O[C@@H]2O[C@@H]3C[C@H]4[C@H](O)[C@@H](OC(=O)/C=C/c5ccccc5)[C@@](O)(CO3)[C@@H]24)[C@H](O)[C@@H](O)[C@@H]1O. The maximum absolute atomic E-state index is 12.7. The number of esters is 2. The molecule has 0 radical (unpaired) electrons. The van der Waals surface area contributed by atoms with E-state index in [-0.39, 0.29) is 13.0 Å². The van der Waals surface area contributed by atoms with Gasteiger partial charge in [0.1, 0.15) is 36.6 Å². The van der Waals surface area contributed by atoms with Crippen molar-refractivity contribution in [3.05, 3.63) is 83.9 Å². The zero-order chi connectivity index (χ0) is 32.4. The minimum atomic E-state index is -1.95. The Balaban J connectivity index is 1.12. The summed E-state index contributed by atoms with van der Waals surface area (Å²) in [5.74, 6) is -3.22. The molecule has 13 heteroatoms.